The number of benzene rings is 2. The molecule has 6 nitrogen and oxygen atoms in total. The van der Waals surface area contributed by atoms with Crippen LogP contribution in [0.25, 0.3) is 0 Å². The van der Waals surface area contributed by atoms with Crippen molar-refractivity contribution in [1.29, 1.82) is 0 Å². The molecule has 2 aromatic rings. The topological polar surface area (TPSA) is 86.7 Å². The highest BCUT2D eigenvalue weighted by atomic mass is 32.2. The first kappa shape index (κ1) is 18.6. The first-order chi connectivity index (χ1) is 12.4. The lowest BCUT2D eigenvalue weighted by Crippen LogP contribution is -2.54. The molecule has 0 saturated heterocycles. The van der Waals surface area contributed by atoms with Gasteiger partial charge in [0, 0.05) is 7.05 Å². The van der Waals surface area contributed by atoms with Gasteiger partial charge in [0.1, 0.15) is 6.04 Å². The quantitative estimate of drug-likeness (QED) is 0.816. The predicted molar refractivity (Wildman–Crippen MR) is 98.0 cm³/mol. The summed E-state index contributed by atoms with van der Waals surface area (Å²) in [5.41, 5.74) is 1.62. The molecule has 0 fully saturated rings. The normalized spacial score (nSPS) is 20.2. The number of amides is 1. The highest BCUT2D eigenvalue weighted by Gasteiger charge is 2.39. The van der Waals surface area contributed by atoms with E-state index in [2.05, 4.69) is 5.32 Å². The van der Waals surface area contributed by atoms with Gasteiger partial charge in [0.25, 0.3) is 0 Å². The van der Waals surface area contributed by atoms with Crippen LogP contribution in [0.5, 0.6) is 0 Å². The first-order valence-electron chi connectivity index (χ1n) is 8.44. The average Bonchev–Trinajstić information content (AvgIpc) is 2.65. The van der Waals surface area contributed by atoms with Gasteiger partial charge in [-0.15, -0.1) is 0 Å². The van der Waals surface area contributed by atoms with Gasteiger partial charge in [-0.1, -0.05) is 48.5 Å². The Morgan fingerprint density at radius 2 is 1.85 bits per heavy atom. The number of fused-ring (bicyclic) bond motifs is 1. The molecule has 0 radical (unpaired) electrons. The van der Waals surface area contributed by atoms with Gasteiger partial charge in [-0.25, -0.2) is 8.42 Å². The summed E-state index contributed by atoms with van der Waals surface area (Å²) in [4.78, 5) is 13.0. The van der Waals surface area contributed by atoms with Crippen LogP contribution in [-0.2, 0) is 27.7 Å². The fourth-order valence-corrected chi connectivity index (χ4v) is 4.75. The van der Waals surface area contributed by atoms with Crippen molar-refractivity contribution in [2.75, 3.05) is 13.7 Å². The monoisotopic (exact) mass is 374 g/mol. The van der Waals surface area contributed by atoms with Crippen molar-refractivity contribution >= 4 is 15.9 Å². The molecule has 2 aromatic carbocycles. The number of carbonyl (C=O) groups excluding carboxylic acids is 1. The molecular formula is C19H22N2O4S. The summed E-state index contributed by atoms with van der Waals surface area (Å²) in [6, 6.07) is 14.9. The number of hydrogen-bond donors (Lipinski definition) is 2. The van der Waals surface area contributed by atoms with E-state index in [-0.39, 0.29) is 11.5 Å². The van der Waals surface area contributed by atoms with Crippen LogP contribution < -0.4 is 5.32 Å². The molecule has 0 bridgehead atoms. The number of rotatable bonds is 5. The highest BCUT2D eigenvalue weighted by Crippen LogP contribution is 2.28. The SMILES string of the molecule is CN1[C@H](C(=O)N[C@H](CO)Cc2ccccc2)Cc2ccccc2S1(=O)=O. The van der Waals surface area contributed by atoms with Crippen molar-refractivity contribution < 1.29 is 18.3 Å². The number of aliphatic hydroxyl groups is 1. The van der Waals surface area contributed by atoms with Crippen LogP contribution in [0.3, 0.4) is 0 Å². The lowest BCUT2D eigenvalue weighted by molar-refractivity contribution is -0.125. The van der Waals surface area contributed by atoms with Crippen molar-refractivity contribution in [2.45, 2.75) is 29.8 Å². The fraction of sp³-hybridized carbons (Fsp3) is 0.316. The van der Waals surface area contributed by atoms with Crippen molar-refractivity contribution in [3.05, 3.63) is 65.7 Å². The van der Waals surface area contributed by atoms with E-state index in [1.807, 2.05) is 30.3 Å². The number of hydrogen-bond acceptors (Lipinski definition) is 4. The predicted octanol–water partition coefficient (Wildman–Crippen LogP) is 0.952. The number of nitrogens with zero attached hydrogens (tertiary/aromatic N) is 1. The summed E-state index contributed by atoms with van der Waals surface area (Å²) in [7, 11) is -2.29. The second-order valence-electron chi connectivity index (χ2n) is 6.43. The average molecular weight is 374 g/mol. The molecular weight excluding hydrogens is 352 g/mol. The maximum Gasteiger partial charge on any atom is 0.243 e. The molecule has 0 aromatic heterocycles. The Kier molecular flexibility index (Phi) is 5.41. The lowest BCUT2D eigenvalue weighted by atomic mass is 10.0. The minimum Gasteiger partial charge on any atom is -0.394 e. The van der Waals surface area contributed by atoms with Crippen LogP contribution in [-0.4, -0.2) is 49.5 Å². The molecule has 0 aliphatic carbocycles. The van der Waals surface area contributed by atoms with Crippen LogP contribution >= 0.6 is 0 Å². The fourth-order valence-electron chi connectivity index (χ4n) is 3.20. The van der Waals surface area contributed by atoms with Crippen LogP contribution in [0.15, 0.2) is 59.5 Å². The Labute approximate surface area is 153 Å². The van der Waals surface area contributed by atoms with Gasteiger partial charge in [0.15, 0.2) is 0 Å². The largest absolute Gasteiger partial charge is 0.394 e. The van der Waals surface area contributed by atoms with Crippen molar-refractivity contribution in [1.82, 2.24) is 9.62 Å². The number of sulfonamides is 1. The van der Waals surface area contributed by atoms with E-state index in [0.29, 0.717) is 18.4 Å². The second kappa shape index (κ2) is 7.57. The van der Waals surface area contributed by atoms with Gasteiger partial charge >= 0.3 is 0 Å². The summed E-state index contributed by atoms with van der Waals surface area (Å²) < 4.78 is 26.4. The smallest absolute Gasteiger partial charge is 0.243 e. The molecule has 1 aliphatic rings. The van der Waals surface area contributed by atoms with Crippen LogP contribution in [0.2, 0.25) is 0 Å². The maximum atomic E-state index is 12.7. The first-order valence-corrected chi connectivity index (χ1v) is 9.88. The summed E-state index contributed by atoms with van der Waals surface area (Å²) in [6.07, 6.45) is 0.782. The number of nitrogens with one attached hydrogen (secondary N) is 1. The Morgan fingerprint density at radius 1 is 1.19 bits per heavy atom. The third-order valence-corrected chi connectivity index (χ3v) is 6.64. The molecule has 1 heterocycles. The van der Waals surface area contributed by atoms with Gasteiger partial charge in [0.2, 0.25) is 15.9 Å². The molecule has 0 saturated carbocycles. The minimum absolute atomic E-state index is 0.222. The lowest BCUT2D eigenvalue weighted by Gasteiger charge is -2.33. The van der Waals surface area contributed by atoms with Crippen LogP contribution in [0, 0.1) is 0 Å². The molecule has 26 heavy (non-hydrogen) atoms. The highest BCUT2D eigenvalue weighted by molar-refractivity contribution is 7.89. The second-order valence-corrected chi connectivity index (χ2v) is 8.39. The van der Waals surface area contributed by atoms with E-state index in [4.69, 9.17) is 0 Å². The third-order valence-electron chi connectivity index (χ3n) is 4.68. The van der Waals surface area contributed by atoms with Gasteiger partial charge in [-0.2, -0.15) is 4.31 Å². The zero-order valence-corrected chi connectivity index (χ0v) is 15.3. The van der Waals surface area contributed by atoms with E-state index >= 15 is 0 Å². The third kappa shape index (κ3) is 3.65. The van der Waals surface area contributed by atoms with Crippen LogP contribution in [0.1, 0.15) is 11.1 Å². The van der Waals surface area contributed by atoms with Gasteiger partial charge in [-0.3, -0.25) is 4.79 Å². The van der Waals surface area contributed by atoms with E-state index in [9.17, 15) is 18.3 Å². The Bertz CT molecular complexity index is 883. The molecule has 1 aliphatic heterocycles. The molecule has 2 atom stereocenters. The van der Waals surface area contributed by atoms with Crippen molar-refractivity contribution in [3.8, 4) is 0 Å². The van der Waals surface area contributed by atoms with Gasteiger partial charge in [0.05, 0.1) is 17.5 Å². The molecule has 3 rings (SSSR count). The summed E-state index contributed by atoms with van der Waals surface area (Å²) in [5, 5.41) is 12.4. The molecule has 7 heteroatoms. The molecule has 2 N–H and O–H groups in total. The van der Waals surface area contributed by atoms with Gasteiger partial charge in [-0.05, 0) is 30.0 Å². The molecule has 1 amide bonds. The van der Waals surface area contributed by atoms with Crippen molar-refractivity contribution in [3.63, 3.8) is 0 Å². The number of likely N-dealkylation sites (N-methyl/N-ethyl adjacent to an activating group) is 1. The van der Waals surface area contributed by atoms with E-state index < -0.39 is 28.0 Å². The Morgan fingerprint density at radius 3 is 2.54 bits per heavy atom. The zero-order chi connectivity index (χ0) is 18.7. The standard InChI is InChI=1S/C19H22N2O4S/c1-21-17(12-15-9-5-6-10-18(15)26(21,24)25)19(23)20-16(13-22)11-14-7-3-2-4-8-14/h2-10,16-17,22H,11-13H2,1H3,(H,20,23)/t16-,17-/m0/s1. The summed E-state index contributed by atoms with van der Waals surface area (Å²) >= 11 is 0. The molecule has 0 spiro atoms. The van der Waals surface area contributed by atoms with E-state index in [0.717, 1.165) is 9.87 Å². The minimum atomic E-state index is -3.71. The Hall–Kier alpha value is -2.22. The Balaban J connectivity index is 1.77. The van der Waals surface area contributed by atoms with Gasteiger partial charge < -0.3 is 10.4 Å². The number of aliphatic hydroxyl groups excluding tert-OH is 1. The van der Waals surface area contributed by atoms with E-state index in [1.54, 1.807) is 24.3 Å². The zero-order valence-electron chi connectivity index (χ0n) is 14.5. The summed E-state index contributed by atoms with van der Waals surface area (Å²) in [6.45, 7) is -0.222. The van der Waals surface area contributed by atoms with E-state index in [1.165, 1.54) is 7.05 Å². The van der Waals surface area contributed by atoms with Crippen molar-refractivity contribution in [2.24, 2.45) is 0 Å². The maximum absolute atomic E-state index is 12.7. The summed E-state index contributed by atoms with van der Waals surface area (Å²) in [5.74, 6) is -0.402. The molecule has 138 valence electrons. The van der Waals surface area contributed by atoms with Crippen LogP contribution in [0.4, 0.5) is 0 Å². The number of carbonyl (C=O) groups is 1. The molecule has 0 unspecified atom stereocenters.